The fourth-order valence-corrected chi connectivity index (χ4v) is 2.74. The lowest BCUT2D eigenvalue weighted by molar-refractivity contribution is 0.356. The maximum Gasteiger partial charge on any atom is 0.200 e. The normalized spacial score (nSPS) is 25.8. The summed E-state index contributed by atoms with van der Waals surface area (Å²) in [4.78, 5) is 0. The molecule has 94 valence electrons. The van der Waals surface area contributed by atoms with Gasteiger partial charge < -0.3 is 10.5 Å². The minimum absolute atomic E-state index is 0.000695. The molecule has 0 radical (unpaired) electrons. The van der Waals surface area contributed by atoms with E-state index >= 15 is 0 Å². The third-order valence-electron chi connectivity index (χ3n) is 4.03. The van der Waals surface area contributed by atoms with E-state index in [0.717, 1.165) is 12.5 Å². The average molecular weight is 241 g/mol. The van der Waals surface area contributed by atoms with E-state index in [-0.39, 0.29) is 16.6 Å². The smallest absolute Gasteiger partial charge is 0.200 e. The molecule has 4 heteroatoms. The van der Waals surface area contributed by atoms with Crippen molar-refractivity contribution in [1.29, 1.82) is 0 Å². The number of methoxy groups -OCH3 is 1. The van der Waals surface area contributed by atoms with Gasteiger partial charge in [0.2, 0.25) is 5.82 Å². The summed E-state index contributed by atoms with van der Waals surface area (Å²) in [5.74, 6) is -1.84. The molecule has 1 aromatic carbocycles. The molecule has 1 fully saturated rings. The van der Waals surface area contributed by atoms with Crippen LogP contribution in [0.5, 0.6) is 5.75 Å². The van der Waals surface area contributed by atoms with Crippen molar-refractivity contribution in [3.8, 4) is 5.75 Å². The molecule has 0 amide bonds. The number of hydrogen-bond acceptors (Lipinski definition) is 2. The van der Waals surface area contributed by atoms with Gasteiger partial charge in [-0.1, -0.05) is 19.9 Å². The second kappa shape index (κ2) is 3.67. The van der Waals surface area contributed by atoms with Gasteiger partial charge in [0.15, 0.2) is 11.6 Å². The van der Waals surface area contributed by atoms with E-state index in [4.69, 9.17) is 10.5 Å². The number of nitrogens with two attached hydrogens (primary N) is 1. The molecule has 0 aliphatic heterocycles. The predicted octanol–water partition coefficient (Wildman–Crippen LogP) is 2.60. The highest BCUT2D eigenvalue weighted by Gasteiger charge is 2.62. The summed E-state index contributed by atoms with van der Waals surface area (Å²) in [5.41, 5.74) is 6.19. The summed E-state index contributed by atoms with van der Waals surface area (Å²) < 4.78 is 31.8. The molecule has 1 aromatic rings. The Hall–Kier alpha value is -1.16. The quantitative estimate of drug-likeness (QED) is 0.882. The van der Waals surface area contributed by atoms with Crippen molar-refractivity contribution < 1.29 is 13.5 Å². The van der Waals surface area contributed by atoms with Crippen molar-refractivity contribution in [2.24, 2.45) is 11.1 Å². The molecule has 2 N–H and O–H groups in total. The standard InChI is InChI=1S/C13H17F2NO/c1-12(2)6-13(12,7-16)8-4-5-9(14)10(15)11(8)17-3/h4-5H,6-7,16H2,1-3H3. The summed E-state index contributed by atoms with van der Waals surface area (Å²) in [6, 6.07) is 2.72. The molecular weight excluding hydrogens is 224 g/mol. The second-order valence-electron chi connectivity index (χ2n) is 5.29. The number of halogens is 2. The van der Waals surface area contributed by atoms with Gasteiger partial charge >= 0.3 is 0 Å². The molecular formula is C13H17F2NO. The van der Waals surface area contributed by atoms with Crippen LogP contribution in [-0.4, -0.2) is 13.7 Å². The highest BCUT2D eigenvalue weighted by Crippen LogP contribution is 2.65. The Labute approximate surface area is 99.8 Å². The summed E-state index contributed by atoms with van der Waals surface area (Å²) in [5, 5.41) is 0. The topological polar surface area (TPSA) is 35.2 Å². The van der Waals surface area contributed by atoms with Crippen LogP contribution < -0.4 is 10.5 Å². The molecule has 0 saturated heterocycles. The molecule has 1 atom stereocenters. The molecule has 1 saturated carbocycles. The van der Waals surface area contributed by atoms with Gasteiger partial charge in [0.05, 0.1) is 7.11 Å². The van der Waals surface area contributed by atoms with Crippen LogP contribution in [-0.2, 0) is 5.41 Å². The fourth-order valence-electron chi connectivity index (χ4n) is 2.74. The number of benzene rings is 1. The Kier molecular flexibility index (Phi) is 2.65. The first kappa shape index (κ1) is 12.3. The molecule has 0 heterocycles. The van der Waals surface area contributed by atoms with E-state index in [1.807, 2.05) is 0 Å². The van der Waals surface area contributed by atoms with Crippen molar-refractivity contribution in [3.63, 3.8) is 0 Å². The van der Waals surface area contributed by atoms with Crippen LogP contribution in [0.2, 0.25) is 0 Å². The van der Waals surface area contributed by atoms with E-state index in [1.165, 1.54) is 7.11 Å². The molecule has 2 rings (SSSR count). The minimum atomic E-state index is -0.930. The third kappa shape index (κ3) is 1.54. The summed E-state index contributed by atoms with van der Waals surface area (Å²) >= 11 is 0. The van der Waals surface area contributed by atoms with Gasteiger partial charge in [0, 0.05) is 17.5 Å². The zero-order chi connectivity index (χ0) is 12.8. The highest BCUT2D eigenvalue weighted by atomic mass is 19.2. The highest BCUT2D eigenvalue weighted by molar-refractivity contribution is 5.48. The Balaban J connectivity index is 2.58. The van der Waals surface area contributed by atoms with Gasteiger partial charge in [0.1, 0.15) is 0 Å². The summed E-state index contributed by atoms with van der Waals surface area (Å²) in [6.45, 7) is 4.54. The first-order valence-corrected chi connectivity index (χ1v) is 5.62. The van der Waals surface area contributed by atoms with Crippen molar-refractivity contribution >= 4 is 0 Å². The fraction of sp³-hybridized carbons (Fsp3) is 0.538. The molecule has 0 spiro atoms. The van der Waals surface area contributed by atoms with E-state index < -0.39 is 11.6 Å². The second-order valence-corrected chi connectivity index (χ2v) is 5.29. The number of hydrogen-bond donors (Lipinski definition) is 1. The van der Waals surface area contributed by atoms with E-state index in [1.54, 1.807) is 6.07 Å². The van der Waals surface area contributed by atoms with Gasteiger partial charge in [-0.25, -0.2) is 4.39 Å². The maximum atomic E-state index is 13.7. The summed E-state index contributed by atoms with van der Waals surface area (Å²) in [6.07, 6.45) is 0.859. The monoisotopic (exact) mass is 241 g/mol. The van der Waals surface area contributed by atoms with Crippen LogP contribution >= 0.6 is 0 Å². The Bertz CT molecular complexity index is 459. The Morgan fingerprint density at radius 3 is 2.35 bits per heavy atom. The molecule has 1 aliphatic carbocycles. The lowest BCUT2D eigenvalue weighted by Crippen LogP contribution is -2.26. The first-order valence-electron chi connectivity index (χ1n) is 5.62. The van der Waals surface area contributed by atoms with Crippen LogP contribution in [0.4, 0.5) is 8.78 Å². The maximum absolute atomic E-state index is 13.7. The van der Waals surface area contributed by atoms with Crippen molar-refractivity contribution in [1.82, 2.24) is 0 Å². The van der Waals surface area contributed by atoms with Crippen LogP contribution in [0, 0.1) is 17.0 Å². The first-order chi connectivity index (χ1) is 7.89. The van der Waals surface area contributed by atoms with Crippen molar-refractivity contribution in [2.45, 2.75) is 25.7 Å². The van der Waals surface area contributed by atoms with Crippen LogP contribution in [0.3, 0.4) is 0 Å². The van der Waals surface area contributed by atoms with Crippen LogP contribution in [0.25, 0.3) is 0 Å². The van der Waals surface area contributed by atoms with Gasteiger partial charge in [-0.3, -0.25) is 0 Å². The van der Waals surface area contributed by atoms with Crippen molar-refractivity contribution in [3.05, 3.63) is 29.3 Å². The Morgan fingerprint density at radius 1 is 1.35 bits per heavy atom. The molecule has 0 aromatic heterocycles. The zero-order valence-corrected chi connectivity index (χ0v) is 10.3. The minimum Gasteiger partial charge on any atom is -0.493 e. The van der Waals surface area contributed by atoms with Crippen LogP contribution in [0.15, 0.2) is 12.1 Å². The number of ether oxygens (including phenoxy) is 1. The molecule has 0 bridgehead atoms. The van der Waals surface area contributed by atoms with E-state index in [0.29, 0.717) is 12.1 Å². The van der Waals surface area contributed by atoms with Crippen molar-refractivity contribution in [2.75, 3.05) is 13.7 Å². The SMILES string of the molecule is COc1c(C2(CN)CC2(C)C)ccc(F)c1F. The molecule has 1 aliphatic rings. The van der Waals surface area contributed by atoms with E-state index in [9.17, 15) is 8.78 Å². The average Bonchev–Trinajstić information content (AvgIpc) is 2.86. The predicted molar refractivity (Wildman–Crippen MR) is 62.0 cm³/mol. The van der Waals surface area contributed by atoms with Gasteiger partial charge in [-0.2, -0.15) is 4.39 Å². The lowest BCUT2D eigenvalue weighted by atomic mass is 9.87. The van der Waals surface area contributed by atoms with E-state index in [2.05, 4.69) is 13.8 Å². The Morgan fingerprint density at radius 2 is 1.94 bits per heavy atom. The zero-order valence-electron chi connectivity index (χ0n) is 10.3. The molecule has 17 heavy (non-hydrogen) atoms. The number of rotatable bonds is 3. The van der Waals surface area contributed by atoms with Gasteiger partial charge in [-0.15, -0.1) is 0 Å². The van der Waals surface area contributed by atoms with Gasteiger partial charge in [-0.05, 0) is 17.9 Å². The van der Waals surface area contributed by atoms with Crippen LogP contribution in [0.1, 0.15) is 25.8 Å². The largest absolute Gasteiger partial charge is 0.493 e. The lowest BCUT2D eigenvalue weighted by Gasteiger charge is -2.22. The third-order valence-corrected chi connectivity index (χ3v) is 4.03. The summed E-state index contributed by atoms with van der Waals surface area (Å²) in [7, 11) is 1.35. The molecule has 1 unspecified atom stereocenters. The molecule has 2 nitrogen and oxygen atoms in total. The van der Waals surface area contributed by atoms with Gasteiger partial charge in [0.25, 0.3) is 0 Å².